The minimum absolute atomic E-state index is 1.15. The lowest BCUT2D eigenvalue weighted by Crippen LogP contribution is -1.85. The lowest BCUT2D eigenvalue weighted by molar-refractivity contribution is 0.716. The maximum absolute atomic E-state index is 3.92. The van der Waals surface area contributed by atoms with Crippen LogP contribution in [0.2, 0.25) is 0 Å². The topological polar surface area (TPSA) is 12.9 Å². The van der Waals surface area contributed by atoms with Gasteiger partial charge < -0.3 is 0 Å². The summed E-state index contributed by atoms with van der Waals surface area (Å²) in [5.74, 6) is 0. The van der Waals surface area contributed by atoms with Crippen LogP contribution in [-0.4, -0.2) is 4.98 Å². The fourth-order valence-electron chi connectivity index (χ4n) is 1.07. The molecule has 0 unspecified atom stereocenters. The lowest BCUT2D eigenvalue weighted by atomic mass is 10.1. The molecule has 0 saturated carbocycles. The fraction of sp³-hybridized carbons (Fsp3) is 0.500. The third-order valence-corrected chi connectivity index (χ3v) is 1.74. The minimum atomic E-state index is 1.15. The zero-order chi connectivity index (χ0) is 7.94. The molecule has 1 nitrogen and oxygen atoms in total. The van der Waals surface area contributed by atoms with Crippen LogP contribution in [0, 0.1) is 6.07 Å². The van der Waals surface area contributed by atoms with Gasteiger partial charge >= 0.3 is 0 Å². The van der Waals surface area contributed by atoms with E-state index in [9.17, 15) is 0 Å². The average molecular weight is 148 g/mol. The van der Waals surface area contributed by atoms with Crippen LogP contribution in [-0.2, 0) is 6.42 Å². The summed E-state index contributed by atoms with van der Waals surface area (Å²) in [6, 6.07) is 5.15. The molecule has 0 amide bonds. The summed E-state index contributed by atoms with van der Waals surface area (Å²) in [7, 11) is 0. The van der Waals surface area contributed by atoms with Crippen molar-refractivity contribution in [3.63, 3.8) is 0 Å². The van der Waals surface area contributed by atoms with Crippen molar-refractivity contribution >= 4 is 0 Å². The molecule has 0 atom stereocenters. The second-order valence-electron chi connectivity index (χ2n) is 2.72. The van der Waals surface area contributed by atoms with Gasteiger partial charge in [0.2, 0.25) is 0 Å². The van der Waals surface area contributed by atoms with Crippen LogP contribution >= 0.6 is 0 Å². The highest BCUT2D eigenvalue weighted by molar-refractivity contribution is 5.07. The van der Waals surface area contributed by atoms with Gasteiger partial charge in [-0.3, -0.25) is 4.98 Å². The summed E-state index contributed by atoms with van der Waals surface area (Å²) in [5, 5.41) is 0. The first-order chi connectivity index (χ1) is 5.43. The third-order valence-electron chi connectivity index (χ3n) is 1.74. The van der Waals surface area contributed by atoms with Gasteiger partial charge in [-0.15, -0.1) is 0 Å². The van der Waals surface area contributed by atoms with Gasteiger partial charge in [-0.1, -0.05) is 19.8 Å². The van der Waals surface area contributed by atoms with E-state index in [1.165, 1.54) is 24.8 Å². The Balaban J connectivity index is 2.28. The number of nitrogens with zero attached hydrogens (tertiary/aromatic N) is 1. The summed E-state index contributed by atoms with van der Waals surface area (Å²) in [4.78, 5) is 3.92. The SMILES string of the molecule is CCCCCc1[c]cncc1. The highest BCUT2D eigenvalue weighted by atomic mass is 14.6. The maximum atomic E-state index is 3.92. The molecule has 1 aromatic heterocycles. The molecule has 0 aliphatic rings. The number of aryl methyl sites for hydroxylation is 1. The molecule has 0 N–H and O–H groups in total. The fourth-order valence-corrected chi connectivity index (χ4v) is 1.07. The molecule has 1 radical (unpaired) electrons. The zero-order valence-electron chi connectivity index (χ0n) is 7.01. The zero-order valence-corrected chi connectivity index (χ0v) is 7.01. The molecule has 1 heterocycles. The minimum Gasteiger partial charge on any atom is -0.264 e. The van der Waals surface area contributed by atoms with E-state index < -0.39 is 0 Å². The van der Waals surface area contributed by atoms with Gasteiger partial charge in [0, 0.05) is 18.5 Å². The van der Waals surface area contributed by atoms with E-state index in [0.29, 0.717) is 0 Å². The van der Waals surface area contributed by atoms with Crippen molar-refractivity contribution < 1.29 is 0 Å². The van der Waals surface area contributed by atoms with Crippen LogP contribution in [0.15, 0.2) is 18.5 Å². The van der Waals surface area contributed by atoms with Crippen LogP contribution in [0.25, 0.3) is 0 Å². The average Bonchev–Trinajstić information content (AvgIpc) is 2.07. The Labute approximate surface area is 68.5 Å². The van der Waals surface area contributed by atoms with Crippen molar-refractivity contribution in [3.05, 3.63) is 30.1 Å². The smallest absolute Gasteiger partial charge is 0.0349 e. The number of hydrogen-bond acceptors (Lipinski definition) is 1. The van der Waals surface area contributed by atoms with E-state index in [1.54, 1.807) is 6.20 Å². The van der Waals surface area contributed by atoms with Gasteiger partial charge in [-0.25, -0.2) is 0 Å². The summed E-state index contributed by atoms with van der Waals surface area (Å²) in [6.07, 6.45) is 8.59. The Kier molecular flexibility index (Phi) is 3.67. The Morgan fingerprint density at radius 2 is 2.36 bits per heavy atom. The van der Waals surface area contributed by atoms with E-state index in [-0.39, 0.29) is 0 Å². The molecular formula is C10H14N. The second kappa shape index (κ2) is 4.89. The van der Waals surface area contributed by atoms with Crippen molar-refractivity contribution in [1.29, 1.82) is 0 Å². The third kappa shape index (κ3) is 3.17. The van der Waals surface area contributed by atoms with E-state index >= 15 is 0 Å². The van der Waals surface area contributed by atoms with Crippen LogP contribution in [0.3, 0.4) is 0 Å². The maximum Gasteiger partial charge on any atom is 0.0349 e. The highest BCUT2D eigenvalue weighted by Gasteiger charge is 1.90. The predicted octanol–water partition coefficient (Wildman–Crippen LogP) is 2.61. The number of hydrogen-bond donors (Lipinski definition) is 0. The van der Waals surface area contributed by atoms with E-state index in [1.807, 2.05) is 12.3 Å². The molecule has 0 spiro atoms. The normalized spacial score (nSPS) is 9.91. The summed E-state index contributed by atoms with van der Waals surface area (Å²) >= 11 is 0. The largest absolute Gasteiger partial charge is 0.264 e. The summed E-state index contributed by atoms with van der Waals surface area (Å²) < 4.78 is 0. The highest BCUT2D eigenvalue weighted by Crippen LogP contribution is 2.03. The monoisotopic (exact) mass is 148 g/mol. The van der Waals surface area contributed by atoms with Gasteiger partial charge in [0.15, 0.2) is 0 Å². The summed E-state index contributed by atoms with van der Waals surface area (Å²) in [5.41, 5.74) is 1.29. The first-order valence-electron chi connectivity index (χ1n) is 4.24. The predicted molar refractivity (Wildman–Crippen MR) is 46.3 cm³/mol. The van der Waals surface area contributed by atoms with Crippen molar-refractivity contribution in [1.82, 2.24) is 4.98 Å². The Morgan fingerprint density at radius 1 is 1.45 bits per heavy atom. The molecule has 1 heteroatoms. The molecule has 0 aliphatic heterocycles. The Bertz CT molecular complexity index is 181. The Hall–Kier alpha value is -0.850. The Morgan fingerprint density at radius 3 is 3.00 bits per heavy atom. The van der Waals surface area contributed by atoms with Crippen LogP contribution in [0.5, 0.6) is 0 Å². The molecule has 59 valence electrons. The van der Waals surface area contributed by atoms with E-state index in [2.05, 4.69) is 18.0 Å². The lowest BCUT2D eigenvalue weighted by Gasteiger charge is -1.97. The van der Waals surface area contributed by atoms with Gasteiger partial charge in [0.1, 0.15) is 0 Å². The molecule has 0 aromatic carbocycles. The van der Waals surface area contributed by atoms with Crippen molar-refractivity contribution in [2.75, 3.05) is 0 Å². The molecule has 1 rings (SSSR count). The van der Waals surface area contributed by atoms with Gasteiger partial charge in [-0.05, 0) is 24.5 Å². The van der Waals surface area contributed by atoms with Gasteiger partial charge in [0.25, 0.3) is 0 Å². The molecule has 0 fully saturated rings. The number of aromatic nitrogens is 1. The molecule has 11 heavy (non-hydrogen) atoms. The summed E-state index contributed by atoms with van der Waals surface area (Å²) in [6.45, 7) is 2.22. The van der Waals surface area contributed by atoms with Crippen LogP contribution < -0.4 is 0 Å². The van der Waals surface area contributed by atoms with E-state index in [0.717, 1.165) is 6.42 Å². The first-order valence-corrected chi connectivity index (χ1v) is 4.24. The molecule has 0 saturated heterocycles. The first kappa shape index (κ1) is 8.25. The number of rotatable bonds is 4. The van der Waals surface area contributed by atoms with Gasteiger partial charge in [0.05, 0.1) is 0 Å². The standard InChI is InChI=1S/C10H14N/c1-2-3-4-5-10-6-8-11-9-7-10/h6,8-9H,2-5H2,1H3. The van der Waals surface area contributed by atoms with E-state index in [4.69, 9.17) is 0 Å². The van der Waals surface area contributed by atoms with Crippen LogP contribution in [0.1, 0.15) is 31.7 Å². The second-order valence-corrected chi connectivity index (χ2v) is 2.72. The van der Waals surface area contributed by atoms with Crippen LogP contribution in [0.4, 0.5) is 0 Å². The molecule has 0 aliphatic carbocycles. The molecular weight excluding hydrogens is 134 g/mol. The molecule has 0 bridgehead atoms. The van der Waals surface area contributed by atoms with Gasteiger partial charge in [-0.2, -0.15) is 0 Å². The quantitative estimate of drug-likeness (QED) is 0.598. The van der Waals surface area contributed by atoms with Crippen molar-refractivity contribution in [3.8, 4) is 0 Å². The number of unbranched alkanes of at least 4 members (excludes halogenated alkanes) is 2. The molecule has 1 aromatic rings. The number of pyridine rings is 1. The van der Waals surface area contributed by atoms with Crippen molar-refractivity contribution in [2.24, 2.45) is 0 Å². The van der Waals surface area contributed by atoms with Crippen molar-refractivity contribution in [2.45, 2.75) is 32.6 Å².